The summed E-state index contributed by atoms with van der Waals surface area (Å²) in [7, 11) is 1.46. The van der Waals surface area contributed by atoms with Gasteiger partial charge in [-0.2, -0.15) is 0 Å². The molecular formula is C14H12FOS. The Hall–Kier alpha value is -1.48. The van der Waals surface area contributed by atoms with Crippen LogP contribution in [0.25, 0.3) is 11.1 Å². The minimum Gasteiger partial charge on any atom is -0.494 e. The predicted molar refractivity (Wildman–Crippen MR) is 69.0 cm³/mol. The smallest absolute Gasteiger partial charge is 0.165 e. The van der Waals surface area contributed by atoms with Crippen LogP contribution in [0.4, 0.5) is 4.39 Å². The van der Waals surface area contributed by atoms with Crippen molar-refractivity contribution in [3.63, 3.8) is 0 Å². The maximum Gasteiger partial charge on any atom is 0.165 e. The maximum absolute atomic E-state index is 13.6. The van der Waals surface area contributed by atoms with Crippen LogP contribution < -0.4 is 4.74 Å². The maximum atomic E-state index is 13.6. The second kappa shape index (κ2) is 5.23. The number of rotatable bonds is 3. The van der Waals surface area contributed by atoms with Crippen LogP contribution in [-0.4, -0.2) is 13.4 Å². The number of halogens is 1. The van der Waals surface area contributed by atoms with Crippen molar-refractivity contribution in [1.29, 1.82) is 0 Å². The molecule has 2 rings (SSSR count). The first kappa shape index (κ1) is 12.0. The van der Waals surface area contributed by atoms with Crippen LogP contribution in [0, 0.1) is 11.9 Å². The molecule has 2 aromatic carbocycles. The van der Waals surface area contributed by atoms with Gasteiger partial charge < -0.3 is 4.74 Å². The highest BCUT2D eigenvalue weighted by atomic mass is 32.2. The van der Waals surface area contributed by atoms with Gasteiger partial charge in [0.2, 0.25) is 0 Å². The van der Waals surface area contributed by atoms with E-state index in [-0.39, 0.29) is 11.6 Å². The first-order valence-corrected chi connectivity index (χ1v) is 6.37. The Morgan fingerprint density at radius 2 is 2.12 bits per heavy atom. The van der Waals surface area contributed by atoms with Crippen LogP contribution in [-0.2, 0) is 0 Å². The lowest BCUT2D eigenvalue weighted by molar-refractivity contribution is 0.386. The molecule has 0 saturated heterocycles. The Morgan fingerprint density at radius 1 is 1.29 bits per heavy atom. The Balaban J connectivity index is 2.49. The molecule has 3 heteroatoms. The molecule has 1 radical (unpaired) electrons. The molecule has 0 aliphatic rings. The van der Waals surface area contributed by atoms with Crippen LogP contribution >= 0.6 is 11.8 Å². The average Bonchev–Trinajstić information content (AvgIpc) is 2.38. The summed E-state index contributed by atoms with van der Waals surface area (Å²) in [5.41, 5.74) is 1.73. The molecule has 0 amide bonds. The number of thioether (sulfide) groups is 1. The number of methoxy groups -OCH3 is 1. The Bertz CT molecular complexity index is 525. The van der Waals surface area contributed by atoms with Crippen LogP contribution in [0.1, 0.15) is 0 Å². The van der Waals surface area contributed by atoms with Gasteiger partial charge in [0, 0.05) is 10.5 Å². The van der Waals surface area contributed by atoms with E-state index in [1.165, 1.54) is 13.2 Å². The average molecular weight is 247 g/mol. The van der Waals surface area contributed by atoms with Crippen LogP contribution in [0.15, 0.2) is 41.3 Å². The molecule has 0 N–H and O–H groups in total. The normalized spacial score (nSPS) is 10.3. The zero-order valence-electron chi connectivity index (χ0n) is 9.66. The third-order valence-electron chi connectivity index (χ3n) is 2.48. The molecule has 0 aliphatic heterocycles. The van der Waals surface area contributed by atoms with E-state index in [2.05, 4.69) is 6.07 Å². The molecule has 0 unspecified atom stereocenters. The summed E-state index contributed by atoms with van der Waals surface area (Å²) in [6.45, 7) is 0. The highest BCUT2D eigenvalue weighted by Crippen LogP contribution is 2.31. The van der Waals surface area contributed by atoms with Gasteiger partial charge in [0.25, 0.3) is 0 Å². The first-order chi connectivity index (χ1) is 8.26. The lowest BCUT2D eigenvalue weighted by Gasteiger charge is -2.08. The molecule has 87 valence electrons. The van der Waals surface area contributed by atoms with Crippen molar-refractivity contribution in [1.82, 2.24) is 0 Å². The minimum atomic E-state index is -0.352. The van der Waals surface area contributed by atoms with Gasteiger partial charge in [-0.1, -0.05) is 18.2 Å². The predicted octanol–water partition coefficient (Wildman–Crippen LogP) is 4.02. The second-order valence-electron chi connectivity index (χ2n) is 3.46. The third kappa shape index (κ3) is 2.44. The van der Waals surface area contributed by atoms with Crippen molar-refractivity contribution in [2.24, 2.45) is 0 Å². The topological polar surface area (TPSA) is 9.23 Å². The Kier molecular flexibility index (Phi) is 3.69. The van der Waals surface area contributed by atoms with Gasteiger partial charge in [-0.05, 0) is 36.1 Å². The molecule has 0 atom stereocenters. The van der Waals surface area contributed by atoms with Crippen LogP contribution in [0.3, 0.4) is 0 Å². The largest absolute Gasteiger partial charge is 0.494 e. The van der Waals surface area contributed by atoms with Crippen molar-refractivity contribution < 1.29 is 9.13 Å². The van der Waals surface area contributed by atoms with E-state index in [1.54, 1.807) is 17.8 Å². The molecule has 0 heterocycles. The van der Waals surface area contributed by atoms with Crippen molar-refractivity contribution in [2.45, 2.75) is 4.90 Å². The van der Waals surface area contributed by atoms with E-state index < -0.39 is 0 Å². The van der Waals surface area contributed by atoms with Gasteiger partial charge in [0.15, 0.2) is 11.6 Å². The van der Waals surface area contributed by atoms with Gasteiger partial charge in [-0.3, -0.25) is 0 Å². The molecule has 2 aromatic rings. The molecule has 0 bridgehead atoms. The van der Waals surface area contributed by atoms with E-state index in [9.17, 15) is 4.39 Å². The second-order valence-corrected chi connectivity index (χ2v) is 4.31. The SMILES string of the molecule is COc1ccc(-c2[c]cccc2SC)cc1F. The summed E-state index contributed by atoms with van der Waals surface area (Å²) in [5, 5.41) is 0. The molecule has 0 aliphatic carbocycles. The standard InChI is InChI=1S/C14H12FOS/c1-16-13-8-7-10(9-12(13)15)11-5-3-4-6-14(11)17-2/h3-4,6-9H,1-2H3. The van der Waals surface area contributed by atoms with Crippen LogP contribution in [0.2, 0.25) is 0 Å². The van der Waals surface area contributed by atoms with E-state index in [0.29, 0.717) is 0 Å². The molecule has 0 saturated carbocycles. The molecular weight excluding hydrogens is 235 g/mol. The molecule has 0 aromatic heterocycles. The third-order valence-corrected chi connectivity index (χ3v) is 3.26. The van der Waals surface area contributed by atoms with Gasteiger partial charge >= 0.3 is 0 Å². The van der Waals surface area contributed by atoms with E-state index in [4.69, 9.17) is 4.74 Å². The van der Waals surface area contributed by atoms with Gasteiger partial charge in [0.1, 0.15) is 0 Å². The summed E-state index contributed by atoms with van der Waals surface area (Å²) in [6, 6.07) is 13.8. The van der Waals surface area contributed by atoms with Crippen molar-refractivity contribution >= 4 is 11.8 Å². The number of hydrogen-bond donors (Lipinski definition) is 0. The lowest BCUT2D eigenvalue weighted by Crippen LogP contribution is -1.89. The van der Waals surface area contributed by atoms with Crippen molar-refractivity contribution in [3.8, 4) is 16.9 Å². The summed E-state index contributed by atoms with van der Waals surface area (Å²) >= 11 is 1.62. The van der Waals surface area contributed by atoms with Gasteiger partial charge in [0.05, 0.1) is 7.11 Å². The number of hydrogen-bond acceptors (Lipinski definition) is 2. The first-order valence-electron chi connectivity index (χ1n) is 5.15. The van der Waals surface area contributed by atoms with E-state index in [0.717, 1.165) is 16.0 Å². The van der Waals surface area contributed by atoms with Crippen LogP contribution in [0.5, 0.6) is 5.75 Å². The van der Waals surface area contributed by atoms with Gasteiger partial charge in [-0.25, -0.2) is 4.39 Å². The van der Waals surface area contributed by atoms with Crippen molar-refractivity contribution in [3.05, 3.63) is 48.3 Å². The fraction of sp³-hybridized carbons (Fsp3) is 0.143. The summed E-state index contributed by atoms with van der Waals surface area (Å²) in [6.07, 6.45) is 1.99. The number of ether oxygens (including phenoxy) is 1. The van der Waals surface area contributed by atoms with E-state index >= 15 is 0 Å². The van der Waals surface area contributed by atoms with Crippen molar-refractivity contribution in [2.75, 3.05) is 13.4 Å². The van der Waals surface area contributed by atoms with E-state index in [1.807, 2.05) is 30.5 Å². The number of benzene rings is 2. The zero-order valence-corrected chi connectivity index (χ0v) is 10.5. The monoisotopic (exact) mass is 247 g/mol. The zero-order chi connectivity index (χ0) is 12.3. The Morgan fingerprint density at radius 3 is 2.76 bits per heavy atom. The molecule has 1 nitrogen and oxygen atoms in total. The molecule has 0 spiro atoms. The Labute approximate surface area is 105 Å². The fourth-order valence-corrected chi connectivity index (χ4v) is 2.23. The summed E-state index contributed by atoms with van der Waals surface area (Å²) in [5.74, 6) is -0.0929. The summed E-state index contributed by atoms with van der Waals surface area (Å²) in [4.78, 5) is 1.08. The molecule has 17 heavy (non-hydrogen) atoms. The highest BCUT2D eigenvalue weighted by molar-refractivity contribution is 7.98. The lowest BCUT2D eigenvalue weighted by atomic mass is 10.1. The summed E-state index contributed by atoms with van der Waals surface area (Å²) < 4.78 is 18.5. The minimum absolute atomic E-state index is 0.260. The fourth-order valence-electron chi connectivity index (χ4n) is 1.64. The quantitative estimate of drug-likeness (QED) is 0.757. The van der Waals surface area contributed by atoms with Gasteiger partial charge in [-0.15, -0.1) is 11.8 Å². The highest BCUT2D eigenvalue weighted by Gasteiger charge is 2.08. The molecule has 0 fully saturated rings.